The molecule has 1 aromatic carbocycles. The molecule has 27 heavy (non-hydrogen) atoms. The van der Waals surface area contributed by atoms with Crippen molar-refractivity contribution in [2.75, 3.05) is 18.0 Å². The monoisotopic (exact) mass is 362 g/mol. The van der Waals surface area contributed by atoms with Crippen molar-refractivity contribution < 1.29 is 4.79 Å². The maximum atomic E-state index is 13.0. The predicted molar refractivity (Wildman–Crippen MR) is 112 cm³/mol. The van der Waals surface area contributed by atoms with E-state index in [1.54, 1.807) is 0 Å². The first-order valence-electron chi connectivity index (χ1n) is 10.4. The van der Waals surface area contributed by atoms with Crippen LogP contribution >= 0.6 is 0 Å². The van der Waals surface area contributed by atoms with Crippen LogP contribution in [0.2, 0.25) is 0 Å². The maximum Gasteiger partial charge on any atom is 0.227 e. The molecule has 2 unspecified atom stereocenters. The van der Waals surface area contributed by atoms with Crippen molar-refractivity contribution in [2.24, 2.45) is 0 Å². The van der Waals surface area contributed by atoms with E-state index in [-0.39, 0.29) is 11.9 Å². The van der Waals surface area contributed by atoms with Gasteiger partial charge in [-0.05, 0) is 55.4 Å². The molecule has 3 aliphatic rings. The number of fused-ring (bicyclic) bond motifs is 2. The topological polar surface area (TPSA) is 23.6 Å². The highest BCUT2D eigenvalue weighted by Gasteiger charge is 2.37. The number of nitrogens with zero attached hydrogens (tertiary/aromatic N) is 2. The molecule has 0 N–H and O–H groups in total. The minimum atomic E-state index is 0.267. The van der Waals surface area contributed by atoms with Gasteiger partial charge in [0, 0.05) is 37.3 Å². The number of benzene rings is 1. The van der Waals surface area contributed by atoms with Gasteiger partial charge in [-0.15, -0.1) is 0 Å². The fourth-order valence-corrected chi connectivity index (χ4v) is 4.81. The average Bonchev–Trinajstić information content (AvgIpc) is 2.95. The van der Waals surface area contributed by atoms with E-state index in [0.717, 1.165) is 50.9 Å². The fourth-order valence-electron chi connectivity index (χ4n) is 4.81. The number of carbonyl (C=O) groups is 1. The molecule has 1 saturated heterocycles. The van der Waals surface area contributed by atoms with Crippen molar-refractivity contribution in [1.29, 1.82) is 0 Å². The Kier molecular flexibility index (Phi) is 5.58. The number of allylic oxidation sites excluding steroid dienone is 3. The van der Waals surface area contributed by atoms with Crippen molar-refractivity contribution in [3.63, 3.8) is 0 Å². The molecule has 2 atom stereocenters. The molecule has 1 aromatic rings. The van der Waals surface area contributed by atoms with E-state index < -0.39 is 0 Å². The Morgan fingerprint density at radius 3 is 2.78 bits per heavy atom. The molecule has 4 rings (SSSR count). The van der Waals surface area contributed by atoms with Crippen LogP contribution in [0.25, 0.3) is 0 Å². The molecule has 3 heteroatoms. The van der Waals surface area contributed by atoms with E-state index in [1.807, 2.05) is 18.2 Å². The Balaban J connectivity index is 1.63. The molecule has 0 saturated carbocycles. The predicted octanol–water partition coefficient (Wildman–Crippen LogP) is 4.87. The van der Waals surface area contributed by atoms with Crippen molar-refractivity contribution in [2.45, 2.75) is 57.5 Å². The average molecular weight is 363 g/mol. The lowest BCUT2D eigenvalue weighted by Crippen LogP contribution is -2.53. The van der Waals surface area contributed by atoms with Crippen molar-refractivity contribution >= 4 is 11.6 Å². The Morgan fingerprint density at radius 1 is 1.15 bits per heavy atom. The van der Waals surface area contributed by atoms with Gasteiger partial charge in [0.15, 0.2) is 0 Å². The molecule has 1 fully saturated rings. The van der Waals surface area contributed by atoms with E-state index in [4.69, 9.17) is 0 Å². The third-order valence-corrected chi connectivity index (χ3v) is 6.10. The molecule has 2 heterocycles. The van der Waals surface area contributed by atoms with Crippen molar-refractivity contribution in [1.82, 2.24) is 4.90 Å². The third kappa shape index (κ3) is 3.79. The molecule has 2 aliphatic heterocycles. The zero-order chi connectivity index (χ0) is 18.6. The number of para-hydroxylation sites is 1. The minimum absolute atomic E-state index is 0.267. The van der Waals surface area contributed by atoms with Gasteiger partial charge in [0.25, 0.3) is 0 Å². The standard InChI is InChI=1S/C24H30N2O/c1-2-9-24(27)26(20-11-6-4-7-12-20)21-15-17-25-16-14-19-10-5-3-8-13-22(19)23(25)18-21/h4-8,10-13,21,23H,2-3,9,14-18H2,1H3. The summed E-state index contributed by atoms with van der Waals surface area (Å²) in [6.45, 7) is 4.31. The van der Waals surface area contributed by atoms with Crippen LogP contribution < -0.4 is 4.90 Å². The van der Waals surface area contributed by atoms with Crippen LogP contribution in [0.15, 0.2) is 65.8 Å². The quantitative estimate of drug-likeness (QED) is 0.763. The highest BCUT2D eigenvalue weighted by Crippen LogP contribution is 2.36. The highest BCUT2D eigenvalue weighted by molar-refractivity contribution is 5.94. The number of piperidine rings is 1. The van der Waals surface area contributed by atoms with Gasteiger partial charge in [-0.3, -0.25) is 9.69 Å². The molecule has 1 amide bonds. The second kappa shape index (κ2) is 8.26. The van der Waals surface area contributed by atoms with Crippen molar-refractivity contribution in [3.8, 4) is 0 Å². The van der Waals surface area contributed by atoms with Crippen molar-refractivity contribution in [3.05, 3.63) is 65.8 Å². The summed E-state index contributed by atoms with van der Waals surface area (Å²) in [5.74, 6) is 0.267. The molecule has 0 bridgehead atoms. The molecular formula is C24H30N2O. The molecular weight excluding hydrogens is 332 g/mol. The summed E-state index contributed by atoms with van der Waals surface area (Å²) in [4.78, 5) is 17.8. The summed E-state index contributed by atoms with van der Waals surface area (Å²) in [5.41, 5.74) is 4.03. The Labute approximate surface area is 163 Å². The summed E-state index contributed by atoms with van der Waals surface area (Å²) in [5, 5.41) is 0. The Bertz CT molecular complexity index is 762. The third-order valence-electron chi connectivity index (χ3n) is 6.10. The largest absolute Gasteiger partial charge is 0.309 e. The summed E-state index contributed by atoms with van der Waals surface area (Å²) < 4.78 is 0. The highest BCUT2D eigenvalue weighted by atomic mass is 16.2. The van der Waals surface area contributed by atoms with Crippen LogP contribution in [0, 0.1) is 0 Å². The fraction of sp³-hybridized carbons (Fsp3) is 0.458. The van der Waals surface area contributed by atoms with Gasteiger partial charge >= 0.3 is 0 Å². The van der Waals surface area contributed by atoms with E-state index in [1.165, 1.54) is 11.1 Å². The molecule has 3 nitrogen and oxygen atoms in total. The van der Waals surface area contributed by atoms with Gasteiger partial charge in [0.1, 0.15) is 0 Å². The smallest absolute Gasteiger partial charge is 0.227 e. The molecule has 0 spiro atoms. The number of rotatable bonds is 4. The van der Waals surface area contributed by atoms with Gasteiger partial charge in [-0.1, -0.05) is 49.4 Å². The first-order valence-corrected chi connectivity index (χ1v) is 10.4. The van der Waals surface area contributed by atoms with Gasteiger partial charge in [-0.2, -0.15) is 0 Å². The second-order valence-electron chi connectivity index (χ2n) is 7.85. The lowest BCUT2D eigenvalue weighted by Gasteiger charge is -2.46. The van der Waals surface area contributed by atoms with Crippen LogP contribution in [-0.2, 0) is 4.79 Å². The summed E-state index contributed by atoms with van der Waals surface area (Å²) >= 11 is 0. The van der Waals surface area contributed by atoms with Crippen LogP contribution in [0.5, 0.6) is 0 Å². The first kappa shape index (κ1) is 18.2. The lowest BCUT2D eigenvalue weighted by atomic mass is 9.84. The number of hydrogen-bond donors (Lipinski definition) is 0. The number of anilines is 1. The first-order chi connectivity index (χ1) is 13.3. The normalized spacial score (nSPS) is 24.9. The zero-order valence-electron chi connectivity index (χ0n) is 16.3. The lowest BCUT2D eigenvalue weighted by molar-refractivity contribution is -0.119. The van der Waals surface area contributed by atoms with E-state index in [9.17, 15) is 4.79 Å². The molecule has 0 radical (unpaired) electrons. The molecule has 1 aliphatic carbocycles. The van der Waals surface area contributed by atoms with Gasteiger partial charge in [0.2, 0.25) is 5.91 Å². The van der Waals surface area contributed by atoms with Crippen LogP contribution in [0.3, 0.4) is 0 Å². The number of carbonyl (C=O) groups excluding carboxylic acids is 1. The van der Waals surface area contributed by atoms with Crippen LogP contribution in [0.1, 0.15) is 45.4 Å². The van der Waals surface area contributed by atoms with Gasteiger partial charge in [0.05, 0.1) is 0 Å². The number of amides is 1. The van der Waals surface area contributed by atoms with E-state index >= 15 is 0 Å². The summed E-state index contributed by atoms with van der Waals surface area (Å²) in [6.07, 6.45) is 15.0. The maximum absolute atomic E-state index is 13.0. The SMILES string of the molecule is CCCC(=O)N(c1ccccc1)C1CCN2CCC3=C(C=CCC=C3)C2C1. The summed E-state index contributed by atoms with van der Waals surface area (Å²) in [7, 11) is 0. The van der Waals surface area contributed by atoms with Crippen LogP contribution in [0.4, 0.5) is 5.69 Å². The number of hydrogen-bond acceptors (Lipinski definition) is 2. The zero-order valence-corrected chi connectivity index (χ0v) is 16.3. The second-order valence-corrected chi connectivity index (χ2v) is 7.85. The molecule has 142 valence electrons. The summed E-state index contributed by atoms with van der Waals surface area (Å²) in [6, 6.07) is 11.0. The van der Waals surface area contributed by atoms with Gasteiger partial charge in [-0.25, -0.2) is 0 Å². The minimum Gasteiger partial charge on any atom is -0.309 e. The Morgan fingerprint density at radius 2 is 1.96 bits per heavy atom. The van der Waals surface area contributed by atoms with E-state index in [2.05, 4.69) is 53.2 Å². The van der Waals surface area contributed by atoms with E-state index in [0.29, 0.717) is 12.5 Å². The molecule has 0 aromatic heterocycles. The van der Waals surface area contributed by atoms with Gasteiger partial charge < -0.3 is 4.90 Å². The Hall–Kier alpha value is -2.13. The van der Waals surface area contributed by atoms with Crippen LogP contribution in [-0.4, -0.2) is 36.0 Å².